The first-order valence-corrected chi connectivity index (χ1v) is 15.6. The molecule has 2 fully saturated rings. The van der Waals surface area contributed by atoms with Gasteiger partial charge in [0.2, 0.25) is 0 Å². The molecule has 0 heterocycles. The summed E-state index contributed by atoms with van der Waals surface area (Å²) < 4.78 is 15.6. The second-order valence-corrected chi connectivity index (χ2v) is 13.2. The number of carbonyl (C=O) groups is 1. The number of carbonyl (C=O) groups excluding carboxylic acids is 1. The Morgan fingerprint density at radius 2 is 1.97 bits per heavy atom. The van der Waals surface area contributed by atoms with E-state index >= 15 is 0 Å². The molecule has 38 heavy (non-hydrogen) atoms. The Labute approximate surface area is 233 Å². The van der Waals surface area contributed by atoms with Crippen molar-refractivity contribution in [2.24, 2.45) is 46.8 Å². The Morgan fingerprint density at radius 3 is 2.71 bits per heavy atom. The van der Waals surface area contributed by atoms with Crippen molar-refractivity contribution in [3.63, 3.8) is 0 Å². The lowest BCUT2D eigenvalue weighted by Gasteiger charge is -2.51. The Kier molecular flexibility index (Phi) is 12.3. The zero-order valence-electron chi connectivity index (χ0n) is 25.1. The third-order valence-electron chi connectivity index (χ3n) is 10.2. The lowest BCUT2D eigenvalue weighted by molar-refractivity contribution is -0.00693. The zero-order valence-corrected chi connectivity index (χ0v) is 25.1. The number of allylic oxidation sites excluding steroid dienone is 4. The average Bonchev–Trinajstić information content (AvgIpc) is 3.25. The molecular weight excluding hydrogens is 472 g/mol. The fourth-order valence-electron chi connectivity index (χ4n) is 8.28. The van der Waals surface area contributed by atoms with Crippen molar-refractivity contribution in [2.75, 3.05) is 19.8 Å². The van der Waals surface area contributed by atoms with Gasteiger partial charge in [-0.05, 0) is 99.2 Å². The van der Waals surface area contributed by atoms with Gasteiger partial charge >= 0.3 is 6.16 Å². The summed E-state index contributed by atoms with van der Waals surface area (Å²) >= 11 is 0. The van der Waals surface area contributed by atoms with Crippen molar-refractivity contribution in [2.45, 2.75) is 105 Å². The van der Waals surface area contributed by atoms with Gasteiger partial charge in [-0.15, -0.1) is 0 Å². The van der Waals surface area contributed by atoms with Crippen LogP contribution in [0.15, 0.2) is 36.6 Å². The molecule has 4 nitrogen and oxygen atoms in total. The van der Waals surface area contributed by atoms with E-state index in [1.54, 1.807) is 5.57 Å². The van der Waals surface area contributed by atoms with Crippen LogP contribution in [0.2, 0.25) is 0 Å². The van der Waals surface area contributed by atoms with Crippen molar-refractivity contribution < 1.29 is 19.0 Å². The molecule has 0 spiro atoms. The summed E-state index contributed by atoms with van der Waals surface area (Å²) in [6.45, 7) is 16.3. The molecule has 0 N–H and O–H groups in total. The Morgan fingerprint density at radius 1 is 1.16 bits per heavy atom. The first kappa shape index (κ1) is 30.8. The van der Waals surface area contributed by atoms with Gasteiger partial charge in [-0.25, -0.2) is 4.79 Å². The molecule has 216 valence electrons. The van der Waals surface area contributed by atoms with Gasteiger partial charge in [-0.3, -0.25) is 0 Å². The summed E-state index contributed by atoms with van der Waals surface area (Å²) in [6, 6.07) is 0. The van der Waals surface area contributed by atoms with E-state index in [-0.39, 0.29) is 6.61 Å². The Bertz CT molecular complexity index is 798. The van der Waals surface area contributed by atoms with Gasteiger partial charge in [0.25, 0.3) is 0 Å². The minimum Gasteiger partial charge on any atom is -0.498 e. The summed E-state index contributed by atoms with van der Waals surface area (Å²) in [5.74, 6) is 5.50. The van der Waals surface area contributed by atoms with Crippen LogP contribution in [-0.4, -0.2) is 26.0 Å². The fraction of sp³-hybridized carbons (Fsp3) is 0.794. The SMILES string of the molecule is C=COCCOC(=O)OC[C@@H](C/C=C/C)CC1=CCC2C(CC[C@@]3(C)C2CC[C@@H]3[C@H](C)CCCC(C)C)C1. The maximum Gasteiger partial charge on any atom is 0.508 e. The summed E-state index contributed by atoms with van der Waals surface area (Å²) in [7, 11) is 0. The minimum atomic E-state index is -0.610. The van der Waals surface area contributed by atoms with Crippen LogP contribution >= 0.6 is 0 Å². The average molecular weight is 529 g/mol. The van der Waals surface area contributed by atoms with Crippen molar-refractivity contribution in [3.8, 4) is 0 Å². The topological polar surface area (TPSA) is 44.8 Å². The first-order chi connectivity index (χ1) is 18.3. The third kappa shape index (κ3) is 8.39. The van der Waals surface area contributed by atoms with E-state index in [2.05, 4.69) is 59.4 Å². The van der Waals surface area contributed by atoms with Crippen LogP contribution in [0.4, 0.5) is 4.79 Å². The molecule has 0 radical (unpaired) electrons. The zero-order chi connectivity index (χ0) is 27.5. The van der Waals surface area contributed by atoms with E-state index in [9.17, 15) is 4.79 Å². The van der Waals surface area contributed by atoms with Gasteiger partial charge in [0.1, 0.15) is 13.2 Å². The number of rotatable bonds is 15. The molecule has 3 rings (SSSR count). The van der Waals surface area contributed by atoms with Crippen LogP contribution in [0.1, 0.15) is 105 Å². The monoisotopic (exact) mass is 528 g/mol. The molecule has 0 saturated heterocycles. The Hall–Kier alpha value is -1.71. The minimum absolute atomic E-state index is 0.177. The van der Waals surface area contributed by atoms with Crippen LogP contribution in [-0.2, 0) is 14.2 Å². The van der Waals surface area contributed by atoms with Crippen molar-refractivity contribution >= 4 is 6.16 Å². The normalized spacial score (nSPS) is 30.3. The van der Waals surface area contributed by atoms with Gasteiger partial charge < -0.3 is 14.2 Å². The third-order valence-corrected chi connectivity index (χ3v) is 10.2. The highest BCUT2D eigenvalue weighted by Crippen LogP contribution is 2.63. The van der Waals surface area contributed by atoms with Crippen molar-refractivity contribution in [1.29, 1.82) is 0 Å². The highest BCUT2D eigenvalue weighted by Gasteiger charge is 2.54. The van der Waals surface area contributed by atoms with Gasteiger partial charge in [0, 0.05) is 5.92 Å². The molecule has 0 aromatic heterocycles. The van der Waals surface area contributed by atoms with E-state index in [0.717, 1.165) is 48.3 Å². The number of hydrogen-bond acceptors (Lipinski definition) is 4. The highest BCUT2D eigenvalue weighted by molar-refractivity contribution is 5.59. The fourth-order valence-corrected chi connectivity index (χ4v) is 8.28. The Balaban J connectivity index is 1.54. The van der Waals surface area contributed by atoms with Crippen LogP contribution in [0.5, 0.6) is 0 Å². The highest BCUT2D eigenvalue weighted by atomic mass is 16.7. The van der Waals surface area contributed by atoms with Crippen LogP contribution in [0.25, 0.3) is 0 Å². The van der Waals surface area contributed by atoms with Crippen LogP contribution in [0, 0.1) is 46.8 Å². The molecule has 0 aromatic carbocycles. The van der Waals surface area contributed by atoms with E-state index in [0.29, 0.717) is 24.5 Å². The maximum absolute atomic E-state index is 12.0. The van der Waals surface area contributed by atoms with Gasteiger partial charge in [-0.1, -0.05) is 77.3 Å². The smallest absolute Gasteiger partial charge is 0.498 e. The van der Waals surface area contributed by atoms with Crippen molar-refractivity contribution in [3.05, 3.63) is 36.6 Å². The molecule has 0 aromatic rings. The number of ether oxygens (including phenoxy) is 3. The number of hydrogen-bond donors (Lipinski definition) is 0. The summed E-state index contributed by atoms with van der Waals surface area (Å²) in [5.41, 5.74) is 2.13. The largest absolute Gasteiger partial charge is 0.508 e. The van der Waals surface area contributed by atoms with Gasteiger partial charge in [-0.2, -0.15) is 0 Å². The quantitative estimate of drug-likeness (QED) is 0.0918. The first-order valence-electron chi connectivity index (χ1n) is 15.6. The van der Waals surface area contributed by atoms with E-state index in [1.807, 2.05) is 0 Å². The molecule has 3 aliphatic carbocycles. The summed E-state index contributed by atoms with van der Waals surface area (Å²) in [5, 5.41) is 0. The lowest BCUT2D eigenvalue weighted by atomic mass is 9.54. The van der Waals surface area contributed by atoms with E-state index in [4.69, 9.17) is 14.2 Å². The molecule has 7 atom stereocenters. The summed E-state index contributed by atoms with van der Waals surface area (Å²) in [6.07, 6.45) is 21.9. The summed E-state index contributed by atoms with van der Waals surface area (Å²) in [4.78, 5) is 12.0. The molecule has 0 aliphatic heterocycles. The molecule has 4 heteroatoms. The van der Waals surface area contributed by atoms with Crippen molar-refractivity contribution in [1.82, 2.24) is 0 Å². The lowest BCUT2D eigenvalue weighted by Crippen LogP contribution is -2.43. The second-order valence-electron chi connectivity index (χ2n) is 13.2. The van der Waals surface area contributed by atoms with Gasteiger partial charge in [0.05, 0.1) is 12.9 Å². The van der Waals surface area contributed by atoms with E-state index in [1.165, 1.54) is 64.0 Å². The van der Waals surface area contributed by atoms with Crippen LogP contribution < -0.4 is 0 Å². The standard InChI is InChI=1S/C34H56O4/c1-7-9-13-28(24-38-33(35)37-21-20-36-8-2)22-27-14-15-30-29(23-27)18-19-34(6)31(16-17-32(30)34)26(5)12-10-11-25(3)4/h7-9,14,25-26,28-32H,2,10-13,15-24H2,1,3-6H3/b9-7+/t26-,28+,29?,30?,31-,32?,34-/m1/s1. The maximum atomic E-state index is 12.0. The molecule has 3 unspecified atom stereocenters. The molecule has 0 amide bonds. The molecule has 0 bridgehead atoms. The molecular formula is C34H56O4. The number of fused-ring (bicyclic) bond motifs is 3. The molecule has 3 aliphatic rings. The molecule has 2 saturated carbocycles. The van der Waals surface area contributed by atoms with E-state index < -0.39 is 6.16 Å². The predicted octanol–water partition coefficient (Wildman–Crippen LogP) is 9.51. The van der Waals surface area contributed by atoms with Crippen LogP contribution in [0.3, 0.4) is 0 Å². The van der Waals surface area contributed by atoms with Gasteiger partial charge in [0.15, 0.2) is 0 Å². The second kappa shape index (κ2) is 15.2. The predicted molar refractivity (Wildman–Crippen MR) is 157 cm³/mol.